The molecule has 0 amide bonds. The molecule has 1 nitrogen and oxygen atoms in total. The first kappa shape index (κ1) is 16.1. The standard InChI is InChI=1S/C18H22NPS/c1-15(2)14-16(3)19-20(21,17-10-6-4-7-11-17)18-12-8-5-9-13-18/h4-13,15H,14H2,1-3H3/b19-16+. The largest absolute Gasteiger partial charge is 0.252 e. The van der Waals surface area contributed by atoms with E-state index in [1.54, 1.807) is 0 Å². The van der Waals surface area contributed by atoms with Gasteiger partial charge < -0.3 is 0 Å². The maximum Gasteiger partial charge on any atom is 0.112 e. The van der Waals surface area contributed by atoms with Crippen LogP contribution in [0.4, 0.5) is 0 Å². The van der Waals surface area contributed by atoms with Crippen LogP contribution in [-0.4, -0.2) is 5.71 Å². The highest BCUT2D eigenvalue weighted by molar-refractivity contribution is 8.21. The Labute approximate surface area is 133 Å². The number of benzene rings is 2. The first-order valence-corrected chi connectivity index (χ1v) is 10.0. The number of hydrogen-bond donors (Lipinski definition) is 0. The van der Waals surface area contributed by atoms with Crippen molar-refractivity contribution in [3.63, 3.8) is 0 Å². The molecule has 0 radical (unpaired) electrons. The Balaban J connectivity index is 2.53. The highest BCUT2D eigenvalue weighted by Crippen LogP contribution is 2.45. The van der Waals surface area contributed by atoms with Gasteiger partial charge in [-0.25, -0.2) is 0 Å². The molecule has 0 unspecified atom stereocenters. The molecule has 0 aliphatic heterocycles. The van der Waals surface area contributed by atoms with Crippen LogP contribution < -0.4 is 10.6 Å². The zero-order valence-electron chi connectivity index (χ0n) is 12.9. The van der Waals surface area contributed by atoms with Gasteiger partial charge in [-0.3, -0.25) is 4.76 Å². The topological polar surface area (TPSA) is 12.4 Å². The lowest BCUT2D eigenvalue weighted by Crippen LogP contribution is -2.15. The van der Waals surface area contributed by atoms with Crippen LogP contribution in [0.15, 0.2) is 65.4 Å². The van der Waals surface area contributed by atoms with Crippen LogP contribution in [-0.2, 0) is 11.8 Å². The van der Waals surface area contributed by atoms with Gasteiger partial charge in [-0.05, 0) is 19.3 Å². The van der Waals surface area contributed by atoms with Gasteiger partial charge in [-0.1, -0.05) is 86.3 Å². The molecule has 21 heavy (non-hydrogen) atoms. The van der Waals surface area contributed by atoms with Gasteiger partial charge in [0, 0.05) is 16.3 Å². The van der Waals surface area contributed by atoms with E-state index in [0.717, 1.165) is 22.7 Å². The summed E-state index contributed by atoms with van der Waals surface area (Å²) in [6.45, 7) is 6.54. The summed E-state index contributed by atoms with van der Waals surface area (Å²) in [5.41, 5.74) is 1.15. The summed E-state index contributed by atoms with van der Waals surface area (Å²) in [6, 6.07) is 20.7. The Morgan fingerprint density at radius 1 is 0.952 bits per heavy atom. The minimum absolute atomic E-state index is 0.601. The third kappa shape index (κ3) is 4.12. The monoisotopic (exact) mass is 315 g/mol. The molecule has 2 aromatic rings. The summed E-state index contributed by atoms with van der Waals surface area (Å²) in [7, 11) is 0. The molecule has 0 spiro atoms. The van der Waals surface area contributed by atoms with E-state index in [-0.39, 0.29) is 0 Å². The van der Waals surface area contributed by atoms with Crippen LogP contribution in [0.5, 0.6) is 0 Å². The van der Waals surface area contributed by atoms with Gasteiger partial charge in [0.1, 0.15) is 6.19 Å². The van der Waals surface area contributed by atoms with Crippen molar-refractivity contribution in [3.8, 4) is 0 Å². The molecule has 0 aromatic heterocycles. The summed E-state index contributed by atoms with van der Waals surface area (Å²) in [4.78, 5) is 0. The summed E-state index contributed by atoms with van der Waals surface area (Å²) in [5.74, 6) is 0.601. The number of nitrogens with zero attached hydrogens (tertiary/aromatic N) is 1. The quantitative estimate of drug-likeness (QED) is 0.583. The Morgan fingerprint density at radius 3 is 1.76 bits per heavy atom. The fraction of sp³-hybridized carbons (Fsp3) is 0.278. The first-order chi connectivity index (χ1) is 10.0. The van der Waals surface area contributed by atoms with Crippen molar-refractivity contribution >= 4 is 34.3 Å². The molecule has 0 atom stereocenters. The molecular formula is C18H22NPS. The zero-order chi connectivity index (χ0) is 15.3. The molecule has 2 aromatic carbocycles. The fourth-order valence-electron chi connectivity index (χ4n) is 2.40. The van der Waals surface area contributed by atoms with E-state index in [9.17, 15) is 0 Å². The van der Waals surface area contributed by atoms with Crippen molar-refractivity contribution in [3.05, 3.63) is 60.7 Å². The van der Waals surface area contributed by atoms with Crippen LogP contribution in [0.25, 0.3) is 0 Å². The predicted octanol–water partition coefficient (Wildman–Crippen LogP) is 4.54. The molecule has 0 aliphatic carbocycles. The van der Waals surface area contributed by atoms with Gasteiger partial charge in [-0.2, -0.15) is 0 Å². The van der Waals surface area contributed by atoms with Crippen molar-refractivity contribution in [1.29, 1.82) is 0 Å². The highest BCUT2D eigenvalue weighted by atomic mass is 32.4. The molecule has 2 rings (SSSR count). The third-order valence-corrected chi connectivity index (χ3v) is 7.36. The molecule has 0 saturated carbocycles. The molecule has 0 fully saturated rings. The summed E-state index contributed by atoms with van der Waals surface area (Å²) < 4.78 is 5.03. The second kappa shape index (κ2) is 7.15. The van der Waals surface area contributed by atoms with Crippen molar-refractivity contribution in [1.82, 2.24) is 0 Å². The zero-order valence-corrected chi connectivity index (χ0v) is 14.6. The van der Waals surface area contributed by atoms with Gasteiger partial charge in [-0.15, -0.1) is 0 Å². The minimum atomic E-state index is -2.12. The van der Waals surface area contributed by atoms with Crippen LogP contribution in [0.1, 0.15) is 27.2 Å². The third-order valence-electron chi connectivity index (χ3n) is 3.23. The van der Waals surface area contributed by atoms with Gasteiger partial charge in [0.05, 0.1) is 0 Å². The first-order valence-electron chi connectivity index (χ1n) is 7.29. The van der Waals surface area contributed by atoms with Gasteiger partial charge in [0.15, 0.2) is 0 Å². The lowest BCUT2D eigenvalue weighted by molar-refractivity contribution is 0.683. The second-order valence-electron chi connectivity index (χ2n) is 5.68. The Hall–Kier alpha value is -1.24. The van der Waals surface area contributed by atoms with E-state index in [1.807, 2.05) is 36.4 Å². The maximum atomic E-state index is 6.09. The highest BCUT2D eigenvalue weighted by Gasteiger charge is 2.21. The second-order valence-corrected chi connectivity index (χ2v) is 9.65. The Bertz CT molecular complexity index is 604. The van der Waals surface area contributed by atoms with Crippen LogP contribution in [0, 0.1) is 5.92 Å². The molecule has 0 aliphatic rings. The van der Waals surface area contributed by atoms with Crippen LogP contribution >= 0.6 is 6.19 Å². The fourth-order valence-corrected chi connectivity index (χ4v) is 5.79. The minimum Gasteiger partial charge on any atom is -0.252 e. The van der Waals surface area contributed by atoms with Crippen molar-refractivity contribution in [2.75, 3.05) is 0 Å². The molecule has 110 valence electrons. The Kier molecular flexibility index (Phi) is 5.50. The lowest BCUT2D eigenvalue weighted by Gasteiger charge is -2.20. The van der Waals surface area contributed by atoms with Crippen LogP contribution in [0.3, 0.4) is 0 Å². The van der Waals surface area contributed by atoms with E-state index < -0.39 is 6.19 Å². The van der Waals surface area contributed by atoms with E-state index in [1.165, 1.54) is 0 Å². The SMILES string of the molecule is C/C(CC(C)C)=N\P(=S)(c1ccccc1)c1ccccc1. The smallest absolute Gasteiger partial charge is 0.112 e. The lowest BCUT2D eigenvalue weighted by atomic mass is 10.1. The van der Waals surface area contributed by atoms with E-state index >= 15 is 0 Å². The van der Waals surface area contributed by atoms with Crippen molar-refractivity contribution in [2.24, 2.45) is 10.7 Å². The maximum absolute atomic E-state index is 6.09. The van der Waals surface area contributed by atoms with Gasteiger partial charge in [0.25, 0.3) is 0 Å². The van der Waals surface area contributed by atoms with E-state index in [0.29, 0.717) is 5.92 Å². The van der Waals surface area contributed by atoms with Crippen molar-refractivity contribution < 1.29 is 0 Å². The molecular weight excluding hydrogens is 293 g/mol. The average Bonchev–Trinajstić information content (AvgIpc) is 2.48. The Morgan fingerprint density at radius 2 is 1.38 bits per heavy atom. The molecule has 0 heterocycles. The summed E-state index contributed by atoms with van der Waals surface area (Å²) >= 11 is 6.09. The molecule has 0 bridgehead atoms. The number of rotatable bonds is 5. The van der Waals surface area contributed by atoms with Gasteiger partial charge >= 0.3 is 0 Å². The molecule has 0 saturated heterocycles. The van der Waals surface area contributed by atoms with Crippen molar-refractivity contribution in [2.45, 2.75) is 27.2 Å². The molecule has 3 heteroatoms. The number of hydrogen-bond acceptors (Lipinski definition) is 1. The summed E-state index contributed by atoms with van der Waals surface area (Å²) in [5, 5.41) is 2.32. The normalized spacial score (nSPS) is 12.7. The van der Waals surface area contributed by atoms with E-state index in [4.69, 9.17) is 16.6 Å². The predicted molar refractivity (Wildman–Crippen MR) is 99.0 cm³/mol. The van der Waals surface area contributed by atoms with Crippen LogP contribution in [0.2, 0.25) is 0 Å². The summed E-state index contributed by atoms with van der Waals surface area (Å²) in [6.07, 6.45) is -1.12. The van der Waals surface area contributed by atoms with E-state index in [2.05, 4.69) is 45.0 Å². The average molecular weight is 315 g/mol. The van der Waals surface area contributed by atoms with Gasteiger partial charge in [0.2, 0.25) is 0 Å². The molecule has 0 N–H and O–H groups in total.